The van der Waals surface area contributed by atoms with Gasteiger partial charge in [-0.2, -0.15) is 0 Å². The van der Waals surface area contributed by atoms with Crippen LogP contribution < -0.4 is 9.00 Å². The van der Waals surface area contributed by atoms with E-state index in [-0.39, 0.29) is 23.1 Å². The molecule has 0 saturated heterocycles. The van der Waals surface area contributed by atoms with Crippen LogP contribution >= 0.6 is 90.5 Å². The molecular formula is C26H22I2O4S4Si2. The molecule has 6 rings (SSSR count). The van der Waals surface area contributed by atoms with E-state index in [1.54, 1.807) is 57.5 Å². The zero-order chi connectivity index (χ0) is 27.9. The Bertz CT molecular complexity index is 1570. The molecule has 0 aliphatic heterocycles. The Morgan fingerprint density at radius 3 is 1.03 bits per heavy atom. The fourth-order valence-corrected chi connectivity index (χ4v) is 14.1. The Labute approximate surface area is 266 Å². The largest absolute Gasteiger partial charge is 0.285 e. The first-order valence-corrected chi connectivity index (χ1v) is 24.1. The van der Waals surface area contributed by atoms with Crippen molar-refractivity contribution < 1.29 is 19.2 Å². The van der Waals surface area contributed by atoms with Crippen LogP contribution in [0, 0.1) is 5.77 Å². The molecule has 4 nitrogen and oxygen atoms in total. The normalized spacial score (nSPS) is 14.5. The smallest absolute Gasteiger partial charge is 0.235 e. The van der Waals surface area contributed by atoms with Gasteiger partial charge in [-0.15, -0.1) is 45.3 Å². The van der Waals surface area contributed by atoms with Gasteiger partial charge in [0.2, 0.25) is 23.1 Å². The fourth-order valence-electron chi connectivity index (χ4n) is 4.08. The molecule has 4 aromatic rings. The van der Waals surface area contributed by atoms with Crippen LogP contribution in [0.4, 0.5) is 0 Å². The van der Waals surface area contributed by atoms with Crippen molar-refractivity contribution in [2.45, 2.75) is 39.3 Å². The van der Waals surface area contributed by atoms with Gasteiger partial charge in [-0.1, -0.05) is 39.3 Å². The Kier molecular flexibility index (Phi) is 7.62. The maximum atomic E-state index is 12.5. The molecule has 38 heavy (non-hydrogen) atoms. The van der Waals surface area contributed by atoms with Crippen molar-refractivity contribution >= 4 is 139 Å². The highest BCUT2D eigenvalue weighted by molar-refractivity contribution is 14.1. The quantitative estimate of drug-likeness (QED) is 0.117. The molecular weight excluding hydrogens is 815 g/mol. The molecule has 0 radical (unpaired) electrons. The third-order valence-electron chi connectivity index (χ3n) is 6.15. The Morgan fingerprint density at radius 2 is 0.737 bits per heavy atom. The van der Waals surface area contributed by atoms with Crippen LogP contribution in [-0.4, -0.2) is 39.3 Å². The second kappa shape index (κ2) is 10.0. The van der Waals surface area contributed by atoms with Crippen LogP contribution in [0.15, 0.2) is 24.3 Å². The van der Waals surface area contributed by atoms with Crippen LogP contribution in [0.3, 0.4) is 0 Å². The number of carbonyl (C=O) groups excluding carboxylic acids is 4. The van der Waals surface area contributed by atoms with E-state index in [4.69, 9.17) is 0 Å². The molecule has 0 atom stereocenters. The van der Waals surface area contributed by atoms with Crippen molar-refractivity contribution in [3.63, 3.8) is 0 Å². The minimum atomic E-state index is -1.48. The van der Waals surface area contributed by atoms with Crippen LogP contribution in [0.25, 0.3) is 19.5 Å². The zero-order valence-electron chi connectivity index (χ0n) is 21.3. The van der Waals surface area contributed by atoms with Crippen LogP contribution in [0.1, 0.15) is 41.4 Å². The Hall–Kier alpha value is -0.626. The fraction of sp³-hybridized carbons (Fsp3) is 0.231. The molecule has 196 valence electrons. The van der Waals surface area contributed by atoms with Gasteiger partial charge >= 0.3 is 0 Å². The number of fused-ring (bicyclic) bond motifs is 6. The van der Waals surface area contributed by atoms with Gasteiger partial charge in [-0.05, 0) is 78.4 Å². The molecule has 0 N–H and O–H groups in total. The summed E-state index contributed by atoms with van der Waals surface area (Å²) in [5, 5.41) is 0. The maximum absolute atomic E-state index is 12.5. The molecule has 2 aliphatic carbocycles. The van der Waals surface area contributed by atoms with Gasteiger partial charge in [0.15, 0.2) is 0 Å². The average molecular weight is 837 g/mol. The molecule has 0 saturated carbocycles. The summed E-state index contributed by atoms with van der Waals surface area (Å²) in [7, 11) is -2.97. The highest BCUT2D eigenvalue weighted by Gasteiger charge is 2.37. The van der Waals surface area contributed by atoms with Gasteiger partial charge in [0, 0.05) is 22.3 Å². The van der Waals surface area contributed by atoms with Crippen LogP contribution in [-0.2, 0) is 0 Å². The summed E-state index contributed by atoms with van der Waals surface area (Å²) in [6.45, 7) is 13.7. The first kappa shape index (κ1) is 28.9. The molecule has 0 spiro atoms. The standard InChI is InChI=1S/C16H20O2S2Si2.C10H2I2O2S2/c1-21(2,3)11-7-9-13(17)14(18)10-8-12(22(4,5)6)20-16(10)15(9)19-11;11-5-1-3-7(13)8(14)4-2-6(12)16-10(4)9(3)15-5/h7-8H,1-6H3;1-2H. The molecule has 2 aliphatic rings. The monoisotopic (exact) mass is 836 g/mol. The molecule has 0 amide bonds. The molecule has 0 bridgehead atoms. The van der Waals surface area contributed by atoms with E-state index in [9.17, 15) is 19.2 Å². The van der Waals surface area contributed by atoms with E-state index in [2.05, 4.69) is 84.5 Å². The molecule has 12 heteroatoms. The predicted molar refractivity (Wildman–Crippen MR) is 184 cm³/mol. The number of ketones is 4. The summed E-state index contributed by atoms with van der Waals surface area (Å²) < 4.78 is 4.68. The van der Waals surface area contributed by atoms with Gasteiger partial charge in [-0.25, -0.2) is 0 Å². The summed E-state index contributed by atoms with van der Waals surface area (Å²) in [4.78, 5) is 52.6. The number of rotatable bonds is 2. The van der Waals surface area contributed by atoms with Crippen molar-refractivity contribution in [1.29, 1.82) is 0 Å². The minimum Gasteiger partial charge on any atom is -0.285 e. The second-order valence-electron chi connectivity index (χ2n) is 11.1. The second-order valence-corrected chi connectivity index (χ2v) is 29.9. The van der Waals surface area contributed by atoms with Crippen molar-refractivity contribution in [3.05, 3.63) is 52.3 Å². The number of carbonyl (C=O) groups is 4. The van der Waals surface area contributed by atoms with Gasteiger partial charge in [0.25, 0.3) is 0 Å². The highest BCUT2D eigenvalue weighted by Crippen LogP contribution is 2.44. The third-order valence-corrected chi connectivity index (χ3v) is 19.7. The lowest BCUT2D eigenvalue weighted by Gasteiger charge is -2.12. The highest BCUT2D eigenvalue weighted by atomic mass is 127. The van der Waals surface area contributed by atoms with E-state index < -0.39 is 16.1 Å². The Morgan fingerprint density at radius 1 is 0.474 bits per heavy atom. The predicted octanol–water partition coefficient (Wildman–Crippen LogP) is 8.01. The van der Waals surface area contributed by atoms with Crippen molar-refractivity contribution in [3.8, 4) is 19.5 Å². The first-order chi connectivity index (χ1) is 17.6. The third kappa shape index (κ3) is 5.01. The summed E-state index contributed by atoms with van der Waals surface area (Å²) in [5.41, 5.74) is 2.43. The lowest BCUT2D eigenvalue weighted by atomic mass is 9.96. The molecule has 4 aromatic heterocycles. The minimum absolute atomic E-state index is 0.317. The van der Waals surface area contributed by atoms with Crippen molar-refractivity contribution in [1.82, 2.24) is 0 Å². The van der Waals surface area contributed by atoms with E-state index in [0.717, 1.165) is 25.3 Å². The van der Waals surface area contributed by atoms with Gasteiger partial charge in [0.05, 0.1) is 41.4 Å². The lowest BCUT2D eigenvalue weighted by molar-refractivity contribution is 0.0816. The van der Waals surface area contributed by atoms with Crippen molar-refractivity contribution in [2.75, 3.05) is 0 Å². The number of hydrogen-bond donors (Lipinski definition) is 0. The summed E-state index contributed by atoms with van der Waals surface area (Å²) in [6.07, 6.45) is 0. The Balaban J connectivity index is 0.000000162. The first-order valence-electron chi connectivity index (χ1n) is 11.6. The lowest BCUT2D eigenvalue weighted by Crippen LogP contribution is -2.35. The summed E-state index contributed by atoms with van der Waals surface area (Å²) >= 11 is 11.0. The topological polar surface area (TPSA) is 68.3 Å². The SMILES string of the molecule is C[Si](C)(C)c1cc2c(s1)-c1sc([Si](C)(C)C)cc1C(=O)C2=O.O=C1C(=O)c2cc(I)sc2-c2sc(I)cc21. The molecule has 4 heterocycles. The van der Waals surface area contributed by atoms with Crippen LogP contribution in [0.2, 0.25) is 39.3 Å². The molecule has 0 aromatic carbocycles. The average Bonchev–Trinajstić information content (AvgIpc) is 3.58. The van der Waals surface area contributed by atoms with E-state index >= 15 is 0 Å². The zero-order valence-corrected chi connectivity index (χ0v) is 30.9. The van der Waals surface area contributed by atoms with E-state index in [1.165, 1.54) is 9.00 Å². The van der Waals surface area contributed by atoms with Gasteiger partial charge in [0.1, 0.15) is 0 Å². The number of Topliss-reactive ketones (excluding diaryl/α,β-unsaturated/α-hetero) is 4. The summed E-state index contributed by atoms with van der Waals surface area (Å²) in [6, 6.07) is 7.58. The number of halogens is 2. The van der Waals surface area contributed by atoms with Gasteiger partial charge in [-0.3, -0.25) is 19.2 Å². The van der Waals surface area contributed by atoms with E-state index in [0.29, 0.717) is 22.3 Å². The van der Waals surface area contributed by atoms with Crippen LogP contribution in [0.5, 0.6) is 0 Å². The number of hydrogen-bond acceptors (Lipinski definition) is 8. The molecule has 0 unspecified atom stereocenters. The van der Waals surface area contributed by atoms with Gasteiger partial charge < -0.3 is 0 Å². The summed E-state index contributed by atoms with van der Waals surface area (Å²) in [5.74, 6) is -1.36. The van der Waals surface area contributed by atoms with E-state index in [1.807, 2.05) is 12.1 Å². The number of thiophene rings is 4. The maximum Gasteiger partial charge on any atom is 0.235 e. The molecule has 0 fully saturated rings. The van der Waals surface area contributed by atoms with Crippen molar-refractivity contribution in [2.24, 2.45) is 0 Å².